The van der Waals surface area contributed by atoms with Gasteiger partial charge in [0.25, 0.3) is 0 Å². The molecule has 0 aliphatic heterocycles. The third-order valence-corrected chi connectivity index (χ3v) is 3.34. The maximum atomic E-state index is 13.5. The lowest BCUT2D eigenvalue weighted by Crippen LogP contribution is -1.85. The first-order valence-corrected chi connectivity index (χ1v) is 6.29. The van der Waals surface area contributed by atoms with Crippen LogP contribution in [0.15, 0.2) is 47.5 Å². The van der Waals surface area contributed by atoms with Crippen LogP contribution in [0.1, 0.15) is 5.69 Å². The Morgan fingerprint density at radius 1 is 1.00 bits per heavy atom. The van der Waals surface area contributed by atoms with E-state index in [0.717, 1.165) is 23.0 Å². The van der Waals surface area contributed by atoms with Crippen molar-refractivity contribution < 1.29 is 8.78 Å². The summed E-state index contributed by atoms with van der Waals surface area (Å²) in [4.78, 5) is 6.89. The van der Waals surface area contributed by atoms with E-state index in [1.807, 2.05) is 24.3 Å². The molecular weight excluding hydrogens is 282 g/mol. The summed E-state index contributed by atoms with van der Waals surface area (Å²) in [6.45, 7) is 0. The fourth-order valence-corrected chi connectivity index (χ4v) is 2.22. The lowest BCUT2D eigenvalue weighted by molar-refractivity contribution is 0.587. The van der Waals surface area contributed by atoms with Crippen LogP contribution in [-0.2, 0) is 0 Å². The Kier molecular flexibility index (Phi) is 3.24. The van der Waals surface area contributed by atoms with Crippen LogP contribution in [0.5, 0.6) is 0 Å². The highest BCUT2D eigenvalue weighted by Crippen LogP contribution is 2.27. The number of aliphatic imine (C=N–C) groups is 1. The Bertz CT molecular complexity index is 788. The van der Waals surface area contributed by atoms with Crippen molar-refractivity contribution in [2.75, 3.05) is 0 Å². The predicted molar refractivity (Wildman–Crippen MR) is 76.9 cm³/mol. The SMILES string of the molecule is Fc1cccc(F)c1N=Cc1[nH]c2ccccc2c1Cl. The highest BCUT2D eigenvalue weighted by atomic mass is 35.5. The first-order valence-electron chi connectivity index (χ1n) is 5.91. The Hall–Kier alpha value is -2.20. The minimum atomic E-state index is -0.714. The smallest absolute Gasteiger partial charge is 0.151 e. The number of nitrogens with one attached hydrogen (secondary N) is 1. The van der Waals surface area contributed by atoms with E-state index in [1.54, 1.807) is 0 Å². The molecule has 0 spiro atoms. The number of aromatic amines is 1. The Labute approximate surface area is 118 Å². The molecule has 3 aromatic rings. The zero-order chi connectivity index (χ0) is 14.1. The Morgan fingerprint density at radius 2 is 1.70 bits per heavy atom. The molecule has 2 aromatic carbocycles. The predicted octanol–water partition coefficient (Wildman–Crippen LogP) is 4.85. The fraction of sp³-hybridized carbons (Fsp3) is 0. The van der Waals surface area contributed by atoms with Gasteiger partial charge in [-0.3, -0.25) is 0 Å². The summed E-state index contributed by atoms with van der Waals surface area (Å²) in [6, 6.07) is 11.0. The first-order chi connectivity index (χ1) is 9.66. The molecule has 1 N–H and O–H groups in total. The van der Waals surface area contributed by atoms with E-state index in [0.29, 0.717) is 10.7 Å². The fourth-order valence-electron chi connectivity index (χ4n) is 1.96. The summed E-state index contributed by atoms with van der Waals surface area (Å²) in [5.74, 6) is -1.43. The minimum absolute atomic E-state index is 0.331. The molecule has 2 nitrogen and oxygen atoms in total. The van der Waals surface area contributed by atoms with Gasteiger partial charge in [0.1, 0.15) is 5.69 Å². The molecule has 0 atom stereocenters. The third-order valence-electron chi connectivity index (χ3n) is 2.93. The average Bonchev–Trinajstić information content (AvgIpc) is 2.76. The van der Waals surface area contributed by atoms with E-state index in [2.05, 4.69) is 9.98 Å². The molecule has 1 heterocycles. The molecule has 1 aromatic heterocycles. The summed E-state index contributed by atoms with van der Waals surface area (Å²) < 4.78 is 26.9. The van der Waals surface area contributed by atoms with Gasteiger partial charge in [-0.15, -0.1) is 0 Å². The molecule has 20 heavy (non-hydrogen) atoms. The summed E-state index contributed by atoms with van der Waals surface area (Å²) in [6.07, 6.45) is 1.32. The van der Waals surface area contributed by atoms with Gasteiger partial charge in [0.2, 0.25) is 0 Å². The molecule has 0 fully saturated rings. The molecule has 0 saturated carbocycles. The van der Waals surface area contributed by atoms with Crippen molar-refractivity contribution in [1.82, 2.24) is 4.98 Å². The Balaban J connectivity index is 2.05. The van der Waals surface area contributed by atoms with Crippen LogP contribution in [-0.4, -0.2) is 11.2 Å². The van der Waals surface area contributed by atoms with Crippen molar-refractivity contribution in [1.29, 1.82) is 0 Å². The molecule has 0 saturated heterocycles. The molecule has 0 aliphatic carbocycles. The third kappa shape index (κ3) is 2.18. The molecule has 0 aliphatic rings. The topological polar surface area (TPSA) is 28.1 Å². The molecule has 0 bridgehead atoms. The number of aromatic nitrogens is 1. The standard InChI is InChI=1S/C15H9ClF2N2/c16-14-9-4-1-2-7-12(9)20-13(14)8-19-15-10(17)5-3-6-11(15)18/h1-8,20H. The van der Waals surface area contributed by atoms with Crippen molar-refractivity contribution in [3.8, 4) is 0 Å². The normalized spacial score (nSPS) is 11.6. The van der Waals surface area contributed by atoms with Crippen molar-refractivity contribution in [2.45, 2.75) is 0 Å². The zero-order valence-electron chi connectivity index (χ0n) is 10.2. The second-order valence-corrected chi connectivity index (χ2v) is 4.60. The summed E-state index contributed by atoms with van der Waals surface area (Å²) in [7, 11) is 0. The van der Waals surface area contributed by atoms with E-state index in [1.165, 1.54) is 12.3 Å². The van der Waals surface area contributed by atoms with Gasteiger partial charge in [0.15, 0.2) is 11.6 Å². The number of hydrogen-bond donors (Lipinski definition) is 1. The van der Waals surface area contributed by atoms with Crippen molar-refractivity contribution >= 4 is 34.4 Å². The monoisotopic (exact) mass is 290 g/mol. The van der Waals surface area contributed by atoms with E-state index >= 15 is 0 Å². The van der Waals surface area contributed by atoms with Crippen LogP contribution in [0.4, 0.5) is 14.5 Å². The van der Waals surface area contributed by atoms with E-state index in [-0.39, 0.29) is 5.69 Å². The average molecular weight is 291 g/mol. The van der Waals surface area contributed by atoms with Crippen LogP contribution >= 0.6 is 11.6 Å². The van der Waals surface area contributed by atoms with Gasteiger partial charge >= 0.3 is 0 Å². The summed E-state index contributed by atoms with van der Waals surface area (Å²) in [5.41, 5.74) is 1.02. The van der Waals surface area contributed by atoms with Gasteiger partial charge in [0, 0.05) is 10.9 Å². The number of rotatable bonds is 2. The van der Waals surface area contributed by atoms with Gasteiger partial charge in [-0.25, -0.2) is 13.8 Å². The van der Waals surface area contributed by atoms with Crippen LogP contribution in [0, 0.1) is 11.6 Å². The maximum absolute atomic E-state index is 13.5. The van der Waals surface area contributed by atoms with Gasteiger partial charge in [-0.05, 0) is 18.2 Å². The number of benzene rings is 2. The Morgan fingerprint density at radius 3 is 2.40 bits per heavy atom. The highest BCUT2D eigenvalue weighted by Gasteiger charge is 2.09. The first kappa shape index (κ1) is 12.8. The van der Waals surface area contributed by atoms with Gasteiger partial charge in [-0.1, -0.05) is 35.9 Å². The van der Waals surface area contributed by atoms with Gasteiger partial charge in [0.05, 0.1) is 16.9 Å². The quantitative estimate of drug-likeness (QED) is 0.654. The zero-order valence-corrected chi connectivity index (χ0v) is 11.0. The van der Waals surface area contributed by atoms with Crippen molar-refractivity contribution in [3.05, 3.63) is 64.8 Å². The van der Waals surface area contributed by atoms with E-state index in [4.69, 9.17) is 11.6 Å². The maximum Gasteiger partial charge on any atom is 0.151 e. The molecule has 5 heteroatoms. The van der Waals surface area contributed by atoms with Gasteiger partial charge < -0.3 is 4.98 Å². The number of fused-ring (bicyclic) bond motifs is 1. The van der Waals surface area contributed by atoms with Gasteiger partial charge in [-0.2, -0.15) is 0 Å². The lowest BCUT2D eigenvalue weighted by Gasteiger charge is -1.97. The van der Waals surface area contributed by atoms with Crippen LogP contribution in [0.3, 0.4) is 0 Å². The number of para-hydroxylation sites is 2. The van der Waals surface area contributed by atoms with Crippen LogP contribution in [0.25, 0.3) is 10.9 Å². The van der Waals surface area contributed by atoms with Crippen molar-refractivity contribution in [2.24, 2.45) is 4.99 Å². The molecule has 0 amide bonds. The largest absolute Gasteiger partial charge is 0.352 e. The molecule has 100 valence electrons. The van der Waals surface area contributed by atoms with Crippen LogP contribution in [0.2, 0.25) is 5.02 Å². The summed E-state index contributed by atoms with van der Waals surface area (Å²) >= 11 is 6.19. The molecule has 0 radical (unpaired) electrons. The molecule has 0 unspecified atom stereocenters. The highest BCUT2D eigenvalue weighted by molar-refractivity contribution is 6.38. The molecule has 3 rings (SSSR count). The molecular formula is C15H9ClF2N2. The number of nitrogens with zero attached hydrogens (tertiary/aromatic N) is 1. The number of H-pyrrole nitrogens is 1. The second-order valence-electron chi connectivity index (χ2n) is 4.23. The van der Waals surface area contributed by atoms with Crippen LogP contribution < -0.4 is 0 Å². The van der Waals surface area contributed by atoms with E-state index in [9.17, 15) is 8.78 Å². The summed E-state index contributed by atoms with van der Waals surface area (Å²) in [5, 5.41) is 1.31. The number of halogens is 3. The lowest BCUT2D eigenvalue weighted by atomic mass is 10.2. The second kappa shape index (κ2) is 5.06. The van der Waals surface area contributed by atoms with Crippen molar-refractivity contribution in [3.63, 3.8) is 0 Å². The number of hydrogen-bond acceptors (Lipinski definition) is 1. The minimum Gasteiger partial charge on any atom is -0.352 e. The van der Waals surface area contributed by atoms with E-state index < -0.39 is 11.6 Å².